The molecule has 1 amide bonds. The smallest absolute Gasteiger partial charge is 0.243 e. The fraction of sp³-hybridized carbons (Fsp3) is 0.381. The van der Waals surface area contributed by atoms with Gasteiger partial charge in [0.1, 0.15) is 0 Å². The molecule has 3 rings (SSSR count). The van der Waals surface area contributed by atoms with Crippen LogP contribution in [0, 0.1) is 0 Å². The second kappa shape index (κ2) is 9.38. The maximum Gasteiger partial charge on any atom is 0.243 e. The van der Waals surface area contributed by atoms with Crippen LogP contribution in [-0.4, -0.2) is 56.3 Å². The van der Waals surface area contributed by atoms with Crippen LogP contribution in [0.3, 0.4) is 0 Å². The van der Waals surface area contributed by atoms with Gasteiger partial charge in [-0.05, 0) is 43.2 Å². The van der Waals surface area contributed by atoms with Crippen molar-refractivity contribution < 1.29 is 13.2 Å². The molecule has 1 saturated heterocycles. The number of halogens is 1. The molecule has 156 valence electrons. The Kier molecular flexibility index (Phi) is 7.10. The highest BCUT2D eigenvalue weighted by atomic mass is 79.9. The molecule has 1 N–H and O–H groups in total. The minimum Gasteiger partial charge on any atom is -0.351 e. The van der Waals surface area contributed by atoms with Crippen molar-refractivity contribution in [1.82, 2.24) is 14.5 Å². The molecule has 0 bridgehead atoms. The second-order valence-electron chi connectivity index (χ2n) is 7.35. The summed E-state index contributed by atoms with van der Waals surface area (Å²) in [6.07, 6.45) is 0.853. The van der Waals surface area contributed by atoms with Crippen molar-refractivity contribution in [3.8, 4) is 0 Å². The number of nitrogens with one attached hydrogen (secondary N) is 1. The number of likely N-dealkylation sites (tertiary alicyclic amines) is 1. The molecule has 0 aromatic heterocycles. The number of sulfonamides is 1. The van der Waals surface area contributed by atoms with Crippen LogP contribution in [0.5, 0.6) is 0 Å². The SMILES string of the molecule is CC(c1ccccc1)N1CCC(NC(=O)CN(C)S(=O)(=O)c2ccc(Br)cc2)C1. The van der Waals surface area contributed by atoms with Gasteiger partial charge in [0.2, 0.25) is 15.9 Å². The molecule has 8 heteroatoms. The summed E-state index contributed by atoms with van der Waals surface area (Å²) in [7, 11) is -2.28. The molecule has 1 aliphatic heterocycles. The Morgan fingerprint density at radius 1 is 1.21 bits per heavy atom. The first-order valence-electron chi connectivity index (χ1n) is 9.57. The Labute approximate surface area is 181 Å². The zero-order valence-corrected chi connectivity index (χ0v) is 19.0. The predicted octanol–water partition coefficient (Wildman–Crippen LogP) is 3.02. The molecular formula is C21H26BrN3O3S. The highest BCUT2D eigenvalue weighted by molar-refractivity contribution is 9.10. The van der Waals surface area contributed by atoms with Gasteiger partial charge in [-0.25, -0.2) is 8.42 Å². The Bertz CT molecular complexity index is 935. The Balaban J connectivity index is 1.54. The fourth-order valence-corrected chi connectivity index (χ4v) is 4.94. The van der Waals surface area contributed by atoms with Crippen molar-refractivity contribution in [1.29, 1.82) is 0 Å². The van der Waals surface area contributed by atoms with E-state index in [2.05, 4.69) is 45.2 Å². The van der Waals surface area contributed by atoms with Gasteiger partial charge >= 0.3 is 0 Å². The maximum absolute atomic E-state index is 12.6. The largest absolute Gasteiger partial charge is 0.351 e. The second-order valence-corrected chi connectivity index (χ2v) is 10.3. The van der Waals surface area contributed by atoms with Crippen LogP contribution in [-0.2, 0) is 14.8 Å². The number of hydrogen-bond acceptors (Lipinski definition) is 4. The number of amides is 1. The summed E-state index contributed by atoms with van der Waals surface area (Å²) < 4.78 is 27.2. The Morgan fingerprint density at radius 2 is 1.86 bits per heavy atom. The van der Waals surface area contributed by atoms with Gasteiger partial charge in [-0.2, -0.15) is 4.31 Å². The van der Waals surface area contributed by atoms with E-state index >= 15 is 0 Å². The molecule has 2 atom stereocenters. The van der Waals surface area contributed by atoms with Crippen molar-refractivity contribution in [3.63, 3.8) is 0 Å². The van der Waals surface area contributed by atoms with Crippen LogP contribution in [0.4, 0.5) is 0 Å². The van der Waals surface area contributed by atoms with Crippen LogP contribution in [0.1, 0.15) is 24.9 Å². The van der Waals surface area contributed by atoms with Crippen LogP contribution in [0.25, 0.3) is 0 Å². The molecule has 1 heterocycles. The van der Waals surface area contributed by atoms with E-state index in [1.807, 2.05) is 18.2 Å². The summed E-state index contributed by atoms with van der Waals surface area (Å²) >= 11 is 3.29. The van der Waals surface area contributed by atoms with Crippen LogP contribution in [0.15, 0.2) is 64.0 Å². The number of rotatable bonds is 7. The quantitative estimate of drug-likeness (QED) is 0.662. The summed E-state index contributed by atoms with van der Waals surface area (Å²) in [5, 5.41) is 2.98. The monoisotopic (exact) mass is 479 g/mol. The van der Waals surface area contributed by atoms with E-state index in [0.717, 1.165) is 28.3 Å². The number of hydrogen-bond donors (Lipinski definition) is 1. The van der Waals surface area contributed by atoms with Crippen molar-refractivity contribution in [2.75, 3.05) is 26.7 Å². The highest BCUT2D eigenvalue weighted by Gasteiger charge is 2.29. The lowest BCUT2D eigenvalue weighted by atomic mass is 10.1. The summed E-state index contributed by atoms with van der Waals surface area (Å²) in [6, 6.07) is 17.0. The first-order valence-corrected chi connectivity index (χ1v) is 11.8. The molecule has 2 aromatic carbocycles. The van der Waals surface area contributed by atoms with Gasteiger partial charge in [0.15, 0.2) is 0 Å². The van der Waals surface area contributed by atoms with Crippen molar-refractivity contribution >= 4 is 31.9 Å². The molecule has 1 fully saturated rings. The van der Waals surface area contributed by atoms with Gasteiger partial charge < -0.3 is 5.32 Å². The minimum absolute atomic E-state index is 0.0254. The molecular weight excluding hydrogens is 454 g/mol. The molecule has 2 aromatic rings. The fourth-order valence-electron chi connectivity index (χ4n) is 3.55. The number of carbonyl (C=O) groups excluding carboxylic acids is 1. The van der Waals surface area contributed by atoms with Crippen molar-refractivity contribution in [3.05, 3.63) is 64.6 Å². The zero-order chi connectivity index (χ0) is 21.0. The third kappa shape index (κ3) is 5.45. The lowest BCUT2D eigenvalue weighted by molar-refractivity contribution is -0.121. The third-order valence-electron chi connectivity index (χ3n) is 5.30. The summed E-state index contributed by atoms with van der Waals surface area (Å²) in [5.74, 6) is -0.285. The Hall–Kier alpha value is -1.74. The average Bonchev–Trinajstić information content (AvgIpc) is 3.16. The van der Waals surface area contributed by atoms with Crippen LogP contribution in [0.2, 0.25) is 0 Å². The third-order valence-corrected chi connectivity index (χ3v) is 7.65. The van der Waals surface area contributed by atoms with Gasteiger partial charge in [-0.3, -0.25) is 9.69 Å². The van der Waals surface area contributed by atoms with E-state index in [9.17, 15) is 13.2 Å². The van der Waals surface area contributed by atoms with Gasteiger partial charge in [0.05, 0.1) is 11.4 Å². The highest BCUT2D eigenvalue weighted by Crippen LogP contribution is 2.24. The van der Waals surface area contributed by atoms with E-state index in [1.165, 1.54) is 24.7 Å². The average molecular weight is 480 g/mol. The number of carbonyl (C=O) groups is 1. The van der Waals surface area contributed by atoms with Crippen molar-refractivity contribution in [2.24, 2.45) is 0 Å². The van der Waals surface area contributed by atoms with E-state index in [0.29, 0.717) is 0 Å². The lowest BCUT2D eigenvalue weighted by Crippen LogP contribution is -2.43. The van der Waals surface area contributed by atoms with Gasteiger partial charge in [0, 0.05) is 36.7 Å². The molecule has 29 heavy (non-hydrogen) atoms. The van der Waals surface area contributed by atoms with Crippen LogP contribution < -0.4 is 5.32 Å². The van der Waals surface area contributed by atoms with E-state index in [-0.39, 0.29) is 29.4 Å². The number of likely N-dealkylation sites (N-methyl/N-ethyl adjacent to an activating group) is 1. The topological polar surface area (TPSA) is 69.7 Å². The first-order chi connectivity index (χ1) is 13.8. The zero-order valence-electron chi connectivity index (χ0n) is 16.6. The normalized spacial score (nSPS) is 18.7. The Morgan fingerprint density at radius 3 is 2.52 bits per heavy atom. The molecule has 6 nitrogen and oxygen atoms in total. The van der Waals surface area contributed by atoms with Gasteiger partial charge in [0.25, 0.3) is 0 Å². The molecule has 0 spiro atoms. The predicted molar refractivity (Wildman–Crippen MR) is 117 cm³/mol. The molecule has 0 saturated carbocycles. The van der Waals surface area contributed by atoms with E-state index in [1.54, 1.807) is 12.1 Å². The molecule has 1 aliphatic rings. The summed E-state index contributed by atoms with van der Waals surface area (Å²) in [6.45, 7) is 3.61. The first kappa shape index (κ1) is 22.0. The van der Waals surface area contributed by atoms with Gasteiger partial charge in [-0.15, -0.1) is 0 Å². The van der Waals surface area contributed by atoms with Gasteiger partial charge in [-0.1, -0.05) is 46.3 Å². The van der Waals surface area contributed by atoms with Crippen molar-refractivity contribution in [2.45, 2.75) is 30.3 Å². The summed E-state index contributed by atoms with van der Waals surface area (Å²) in [4.78, 5) is 14.9. The maximum atomic E-state index is 12.6. The molecule has 0 radical (unpaired) electrons. The molecule has 0 aliphatic carbocycles. The molecule has 2 unspecified atom stereocenters. The minimum atomic E-state index is -3.70. The van der Waals surface area contributed by atoms with Crippen LogP contribution >= 0.6 is 15.9 Å². The number of nitrogens with zero attached hydrogens (tertiary/aromatic N) is 2. The summed E-state index contributed by atoms with van der Waals surface area (Å²) in [5.41, 5.74) is 1.25. The van der Waals surface area contributed by atoms with E-state index in [4.69, 9.17) is 0 Å². The lowest BCUT2D eigenvalue weighted by Gasteiger charge is -2.25. The number of benzene rings is 2. The standard InChI is InChI=1S/C21H26BrN3O3S/c1-16(17-6-4-3-5-7-17)25-13-12-19(14-25)23-21(26)15-24(2)29(27,28)20-10-8-18(22)9-11-20/h3-11,16,19H,12-15H2,1-2H3,(H,23,26). The van der Waals surface area contributed by atoms with E-state index < -0.39 is 10.0 Å².